The Labute approximate surface area is 125 Å². The lowest BCUT2D eigenvalue weighted by Crippen LogP contribution is -2.35. The first-order valence-corrected chi connectivity index (χ1v) is 8.97. The average molecular weight is 278 g/mol. The van der Waals surface area contributed by atoms with Gasteiger partial charge in [0.05, 0.1) is 0 Å². The Morgan fingerprint density at radius 1 is 0.950 bits per heavy atom. The van der Waals surface area contributed by atoms with Crippen molar-refractivity contribution in [3.63, 3.8) is 0 Å². The molecule has 2 unspecified atom stereocenters. The number of carbonyl (C=O) groups excluding carboxylic acids is 1. The van der Waals surface area contributed by atoms with Crippen molar-refractivity contribution in [2.45, 2.75) is 85.5 Å². The van der Waals surface area contributed by atoms with E-state index in [-0.39, 0.29) is 0 Å². The van der Waals surface area contributed by atoms with Crippen molar-refractivity contribution < 1.29 is 4.79 Å². The van der Waals surface area contributed by atoms with E-state index in [1.807, 2.05) is 0 Å². The van der Waals surface area contributed by atoms with Gasteiger partial charge in [0.25, 0.3) is 0 Å². The molecular weight excluding hydrogens is 244 g/mol. The van der Waals surface area contributed by atoms with Gasteiger partial charge in [-0.15, -0.1) is 0 Å². The smallest absolute Gasteiger partial charge is 0.139 e. The number of hydrogen-bond acceptors (Lipinski definition) is 1. The summed E-state index contributed by atoms with van der Waals surface area (Å²) >= 11 is 0. The molecule has 0 heterocycles. The topological polar surface area (TPSA) is 17.1 Å². The van der Waals surface area contributed by atoms with Gasteiger partial charge in [0.1, 0.15) is 5.78 Å². The minimum atomic E-state index is 0.394. The maximum atomic E-state index is 12.9. The summed E-state index contributed by atoms with van der Waals surface area (Å²) in [5, 5.41) is 0. The maximum Gasteiger partial charge on any atom is 0.139 e. The molecule has 2 aliphatic rings. The van der Waals surface area contributed by atoms with Gasteiger partial charge in [0, 0.05) is 11.8 Å². The normalized spacial score (nSPS) is 35.8. The minimum Gasteiger partial charge on any atom is -0.299 e. The monoisotopic (exact) mass is 278 g/mol. The highest BCUT2D eigenvalue weighted by molar-refractivity contribution is 5.83. The van der Waals surface area contributed by atoms with Gasteiger partial charge in [-0.3, -0.25) is 4.79 Å². The van der Waals surface area contributed by atoms with Crippen molar-refractivity contribution >= 4 is 5.78 Å². The lowest BCUT2D eigenvalue weighted by atomic mass is 9.66. The van der Waals surface area contributed by atoms with Crippen molar-refractivity contribution in [1.29, 1.82) is 0 Å². The number of ketones is 1. The van der Waals surface area contributed by atoms with Gasteiger partial charge in [-0.2, -0.15) is 0 Å². The molecule has 20 heavy (non-hydrogen) atoms. The SMILES string of the molecule is CCC1CCCCC1C(=O)C1CCC(C(C)(C)C)CC1. The zero-order chi connectivity index (χ0) is 14.8. The molecule has 2 saturated carbocycles. The second-order valence-electron chi connectivity index (χ2n) is 8.38. The molecule has 0 aromatic heterocycles. The molecule has 0 N–H and O–H groups in total. The van der Waals surface area contributed by atoms with Crippen LogP contribution in [0, 0.1) is 29.1 Å². The predicted octanol–water partition coefficient (Wildman–Crippen LogP) is 5.62. The van der Waals surface area contributed by atoms with E-state index in [1.54, 1.807) is 0 Å². The van der Waals surface area contributed by atoms with Crippen LogP contribution in [0.4, 0.5) is 0 Å². The van der Waals surface area contributed by atoms with Gasteiger partial charge in [0.2, 0.25) is 0 Å². The molecule has 0 aromatic carbocycles. The van der Waals surface area contributed by atoms with E-state index in [2.05, 4.69) is 27.7 Å². The van der Waals surface area contributed by atoms with Crippen molar-refractivity contribution in [1.82, 2.24) is 0 Å². The average Bonchev–Trinajstić information content (AvgIpc) is 2.45. The molecule has 0 bridgehead atoms. The standard InChI is InChI=1S/C19H34O/c1-5-14-8-6-7-9-17(14)18(20)15-10-12-16(13-11-15)19(2,3)4/h14-17H,5-13H2,1-4H3. The van der Waals surface area contributed by atoms with Crippen molar-refractivity contribution in [3.05, 3.63) is 0 Å². The van der Waals surface area contributed by atoms with Crippen LogP contribution in [0.2, 0.25) is 0 Å². The summed E-state index contributed by atoms with van der Waals surface area (Å²) in [7, 11) is 0. The summed E-state index contributed by atoms with van der Waals surface area (Å²) in [5.74, 6) is 2.95. The largest absolute Gasteiger partial charge is 0.299 e. The Morgan fingerprint density at radius 2 is 1.55 bits per heavy atom. The highest BCUT2D eigenvalue weighted by Gasteiger charge is 2.37. The van der Waals surface area contributed by atoms with E-state index in [4.69, 9.17) is 0 Å². The lowest BCUT2D eigenvalue weighted by Gasteiger charge is -2.39. The van der Waals surface area contributed by atoms with E-state index < -0.39 is 0 Å². The summed E-state index contributed by atoms with van der Waals surface area (Å²) < 4.78 is 0. The molecule has 0 saturated heterocycles. The van der Waals surface area contributed by atoms with Crippen LogP contribution in [0.25, 0.3) is 0 Å². The summed E-state index contributed by atoms with van der Waals surface area (Å²) in [5.41, 5.74) is 0.421. The van der Waals surface area contributed by atoms with E-state index in [9.17, 15) is 4.79 Å². The molecule has 2 fully saturated rings. The zero-order valence-electron chi connectivity index (χ0n) is 14.1. The Balaban J connectivity index is 1.91. The van der Waals surface area contributed by atoms with Crippen LogP contribution in [0.15, 0.2) is 0 Å². The molecule has 1 heteroatoms. The maximum absolute atomic E-state index is 12.9. The highest BCUT2D eigenvalue weighted by Crippen LogP contribution is 2.42. The van der Waals surface area contributed by atoms with Gasteiger partial charge in [0.15, 0.2) is 0 Å². The first-order valence-electron chi connectivity index (χ1n) is 8.97. The number of hydrogen-bond donors (Lipinski definition) is 0. The lowest BCUT2D eigenvalue weighted by molar-refractivity contribution is -0.131. The fourth-order valence-corrected chi connectivity index (χ4v) is 4.62. The van der Waals surface area contributed by atoms with Crippen molar-refractivity contribution in [2.24, 2.45) is 29.1 Å². The number of Topliss-reactive ketones (excluding diaryl/α,β-unsaturated/α-hetero) is 1. The molecule has 2 aliphatic carbocycles. The van der Waals surface area contributed by atoms with Crippen LogP contribution in [-0.4, -0.2) is 5.78 Å². The van der Waals surface area contributed by atoms with Crippen molar-refractivity contribution in [2.75, 3.05) is 0 Å². The second kappa shape index (κ2) is 6.62. The van der Waals surface area contributed by atoms with Crippen LogP contribution < -0.4 is 0 Å². The molecule has 1 nitrogen and oxygen atoms in total. The van der Waals surface area contributed by atoms with Gasteiger partial charge in [-0.25, -0.2) is 0 Å². The van der Waals surface area contributed by atoms with Crippen LogP contribution in [-0.2, 0) is 4.79 Å². The van der Waals surface area contributed by atoms with E-state index in [0.29, 0.717) is 29.0 Å². The third-order valence-corrected chi connectivity index (χ3v) is 6.15. The van der Waals surface area contributed by atoms with Crippen LogP contribution >= 0.6 is 0 Å². The van der Waals surface area contributed by atoms with Gasteiger partial charge < -0.3 is 0 Å². The summed E-state index contributed by atoms with van der Waals surface area (Å²) in [6.07, 6.45) is 11.2. The quantitative estimate of drug-likeness (QED) is 0.654. The number of rotatable bonds is 3. The Bertz CT molecular complexity index is 317. The van der Waals surface area contributed by atoms with Crippen molar-refractivity contribution in [3.8, 4) is 0 Å². The third-order valence-electron chi connectivity index (χ3n) is 6.15. The van der Waals surface area contributed by atoms with E-state index >= 15 is 0 Å². The fraction of sp³-hybridized carbons (Fsp3) is 0.947. The molecular formula is C19H34O. The molecule has 2 atom stereocenters. The summed E-state index contributed by atoms with van der Waals surface area (Å²) in [4.78, 5) is 12.9. The molecule has 0 radical (unpaired) electrons. The Morgan fingerprint density at radius 3 is 2.10 bits per heavy atom. The Kier molecular flexibility index (Phi) is 5.31. The minimum absolute atomic E-state index is 0.394. The van der Waals surface area contributed by atoms with Crippen LogP contribution in [0.3, 0.4) is 0 Å². The molecule has 0 amide bonds. The van der Waals surface area contributed by atoms with E-state index in [1.165, 1.54) is 44.9 Å². The van der Waals surface area contributed by atoms with E-state index in [0.717, 1.165) is 18.8 Å². The second-order valence-corrected chi connectivity index (χ2v) is 8.38. The first-order chi connectivity index (χ1) is 9.43. The first kappa shape index (κ1) is 16.0. The molecule has 2 rings (SSSR count). The van der Waals surface area contributed by atoms with Gasteiger partial charge >= 0.3 is 0 Å². The van der Waals surface area contributed by atoms with Gasteiger partial charge in [-0.1, -0.05) is 47.0 Å². The predicted molar refractivity (Wildman–Crippen MR) is 85.6 cm³/mol. The number of carbonyl (C=O) groups is 1. The third kappa shape index (κ3) is 3.65. The molecule has 116 valence electrons. The molecule has 0 aromatic rings. The fourth-order valence-electron chi connectivity index (χ4n) is 4.62. The molecule has 0 spiro atoms. The van der Waals surface area contributed by atoms with Crippen LogP contribution in [0.5, 0.6) is 0 Å². The van der Waals surface area contributed by atoms with Gasteiger partial charge in [-0.05, 0) is 55.8 Å². The summed E-state index contributed by atoms with van der Waals surface area (Å²) in [6, 6.07) is 0. The highest BCUT2D eigenvalue weighted by atomic mass is 16.1. The summed E-state index contributed by atoms with van der Waals surface area (Å²) in [6.45, 7) is 9.34. The zero-order valence-corrected chi connectivity index (χ0v) is 14.1. The Hall–Kier alpha value is -0.330. The molecule has 0 aliphatic heterocycles. The van der Waals surface area contributed by atoms with Crippen LogP contribution in [0.1, 0.15) is 85.5 Å².